The zero-order chi connectivity index (χ0) is 21.0. The van der Waals surface area contributed by atoms with Gasteiger partial charge in [0.25, 0.3) is 5.91 Å². The first-order chi connectivity index (χ1) is 13.8. The largest absolute Gasteiger partial charge is 0.456 e. The van der Waals surface area contributed by atoms with Gasteiger partial charge in [0.15, 0.2) is 6.61 Å². The van der Waals surface area contributed by atoms with Crippen LogP contribution in [0.4, 0.5) is 11.4 Å². The van der Waals surface area contributed by atoms with Gasteiger partial charge in [-0.2, -0.15) is 0 Å². The molecule has 0 spiro atoms. The Balaban J connectivity index is 1.58. The summed E-state index contributed by atoms with van der Waals surface area (Å²) in [4.78, 5) is 39.5. The van der Waals surface area contributed by atoms with Crippen molar-refractivity contribution in [2.24, 2.45) is 0 Å². The van der Waals surface area contributed by atoms with E-state index in [1.807, 2.05) is 18.2 Å². The Morgan fingerprint density at radius 3 is 2.59 bits per heavy atom. The van der Waals surface area contributed by atoms with E-state index >= 15 is 0 Å². The first-order valence-electron chi connectivity index (χ1n) is 9.07. The van der Waals surface area contributed by atoms with Gasteiger partial charge in [0.1, 0.15) is 5.54 Å². The molecule has 0 bridgehead atoms. The van der Waals surface area contributed by atoms with Crippen molar-refractivity contribution in [2.45, 2.75) is 30.7 Å². The van der Waals surface area contributed by atoms with Gasteiger partial charge in [0.2, 0.25) is 5.91 Å². The zero-order valence-corrected chi connectivity index (χ0v) is 17.7. The van der Waals surface area contributed by atoms with Crippen molar-refractivity contribution in [3.63, 3.8) is 0 Å². The standard InChI is InChI=1S/C21H21ClN2O4S/c1-21(2)20(27)23-15-8-4-5-9-16(15)24(21)18(25)13-28-19(26)11-12-29-17-10-6-3-7-14(17)22/h3-10H,11-13H2,1-2H3,(H,23,27). The lowest BCUT2D eigenvalue weighted by atomic mass is 9.96. The summed E-state index contributed by atoms with van der Waals surface area (Å²) in [5.41, 5.74) is 0.0256. The zero-order valence-electron chi connectivity index (χ0n) is 16.1. The molecule has 8 heteroatoms. The van der Waals surface area contributed by atoms with Crippen LogP contribution in [0.3, 0.4) is 0 Å². The molecular formula is C21H21ClN2O4S. The fourth-order valence-corrected chi connectivity index (χ4v) is 4.15. The fraction of sp³-hybridized carbons (Fsp3) is 0.286. The fourth-order valence-electron chi connectivity index (χ4n) is 2.98. The van der Waals surface area contributed by atoms with Crippen LogP contribution in [0.15, 0.2) is 53.4 Å². The number of fused-ring (bicyclic) bond motifs is 1. The molecular weight excluding hydrogens is 412 g/mol. The minimum Gasteiger partial charge on any atom is -0.456 e. The van der Waals surface area contributed by atoms with Crippen molar-refractivity contribution >= 4 is 52.5 Å². The average molecular weight is 433 g/mol. The normalized spacial score (nSPS) is 14.7. The number of hydrogen-bond acceptors (Lipinski definition) is 5. The number of halogens is 1. The minimum atomic E-state index is -1.10. The number of esters is 1. The highest BCUT2D eigenvalue weighted by Crippen LogP contribution is 2.36. The number of thioether (sulfide) groups is 1. The van der Waals surface area contributed by atoms with Crippen LogP contribution in [0.2, 0.25) is 5.02 Å². The van der Waals surface area contributed by atoms with Crippen molar-refractivity contribution in [3.8, 4) is 0 Å². The number of nitrogens with one attached hydrogen (secondary N) is 1. The number of benzene rings is 2. The maximum absolute atomic E-state index is 12.8. The number of carbonyl (C=O) groups is 3. The van der Waals surface area contributed by atoms with Gasteiger partial charge in [0.05, 0.1) is 22.8 Å². The van der Waals surface area contributed by atoms with Crippen molar-refractivity contribution < 1.29 is 19.1 Å². The molecule has 3 rings (SSSR count). The Morgan fingerprint density at radius 1 is 1.14 bits per heavy atom. The predicted molar refractivity (Wildman–Crippen MR) is 114 cm³/mol. The SMILES string of the molecule is CC1(C)C(=O)Nc2ccccc2N1C(=O)COC(=O)CCSc1ccccc1Cl. The topological polar surface area (TPSA) is 75.7 Å². The summed E-state index contributed by atoms with van der Waals surface area (Å²) in [7, 11) is 0. The molecule has 1 N–H and O–H groups in total. The molecule has 0 atom stereocenters. The lowest BCUT2D eigenvalue weighted by Crippen LogP contribution is -2.59. The molecule has 0 fully saturated rings. The quantitative estimate of drug-likeness (QED) is 0.548. The van der Waals surface area contributed by atoms with E-state index in [1.165, 1.54) is 16.7 Å². The van der Waals surface area contributed by atoms with Gasteiger partial charge in [0, 0.05) is 10.6 Å². The smallest absolute Gasteiger partial charge is 0.307 e. The van der Waals surface area contributed by atoms with E-state index in [0.29, 0.717) is 22.2 Å². The van der Waals surface area contributed by atoms with Gasteiger partial charge in [-0.05, 0) is 38.1 Å². The van der Waals surface area contributed by atoms with Gasteiger partial charge >= 0.3 is 5.97 Å². The number of para-hydroxylation sites is 2. The molecule has 0 saturated heterocycles. The molecule has 1 aliphatic heterocycles. The number of hydrogen-bond donors (Lipinski definition) is 1. The van der Waals surface area contributed by atoms with Crippen LogP contribution < -0.4 is 10.2 Å². The molecule has 29 heavy (non-hydrogen) atoms. The summed E-state index contributed by atoms with van der Waals surface area (Å²) in [5.74, 6) is -0.751. The molecule has 0 saturated carbocycles. The van der Waals surface area contributed by atoms with Crippen LogP contribution in [-0.4, -0.2) is 35.7 Å². The van der Waals surface area contributed by atoms with E-state index in [0.717, 1.165) is 4.90 Å². The predicted octanol–water partition coefficient (Wildman–Crippen LogP) is 4.13. The summed E-state index contributed by atoms with van der Waals surface area (Å²) >= 11 is 7.54. The molecule has 152 valence electrons. The summed E-state index contributed by atoms with van der Waals surface area (Å²) in [5, 5.41) is 3.42. The van der Waals surface area contributed by atoms with Gasteiger partial charge in [-0.1, -0.05) is 35.9 Å². The highest BCUT2D eigenvalue weighted by Gasteiger charge is 2.43. The maximum atomic E-state index is 12.8. The molecule has 0 radical (unpaired) electrons. The first-order valence-corrected chi connectivity index (χ1v) is 10.4. The highest BCUT2D eigenvalue weighted by atomic mass is 35.5. The second-order valence-corrected chi connectivity index (χ2v) is 8.49. The molecule has 2 amide bonds. The Bertz CT molecular complexity index is 948. The van der Waals surface area contributed by atoms with Gasteiger partial charge in [-0.3, -0.25) is 19.3 Å². The minimum absolute atomic E-state index is 0.142. The Morgan fingerprint density at radius 2 is 1.83 bits per heavy atom. The summed E-state index contributed by atoms with van der Waals surface area (Å²) < 4.78 is 5.16. The van der Waals surface area contributed by atoms with E-state index < -0.39 is 24.0 Å². The Labute approximate surface area is 178 Å². The number of anilines is 2. The van der Waals surface area contributed by atoms with Crippen molar-refractivity contribution in [2.75, 3.05) is 22.6 Å². The summed E-state index contributed by atoms with van der Waals surface area (Å²) in [6, 6.07) is 14.4. The lowest BCUT2D eigenvalue weighted by Gasteiger charge is -2.41. The molecule has 0 aliphatic carbocycles. The van der Waals surface area contributed by atoms with Crippen molar-refractivity contribution in [1.82, 2.24) is 0 Å². The van der Waals surface area contributed by atoms with Gasteiger partial charge in [-0.15, -0.1) is 11.8 Å². The number of amides is 2. The van der Waals surface area contributed by atoms with Gasteiger partial charge < -0.3 is 10.1 Å². The second kappa shape index (κ2) is 8.88. The van der Waals surface area contributed by atoms with E-state index in [9.17, 15) is 14.4 Å². The molecule has 1 aliphatic rings. The van der Waals surface area contributed by atoms with E-state index in [1.54, 1.807) is 44.2 Å². The van der Waals surface area contributed by atoms with Crippen LogP contribution in [-0.2, 0) is 19.1 Å². The van der Waals surface area contributed by atoms with E-state index in [-0.39, 0.29) is 12.3 Å². The van der Waals surface area contributed by atoms with Crippen molar-refractivity contribution in [1.29, 1.82) is 0 Å². The van der Waals surface area contributed by atoms with Gasteiger partial charge in [-0.25, -0.2) is 0 Å². The molecule has 0 unspecified atom stereocenters. The number of ether oxygens (including phenoxy) is 1. The van der Waals surface area contributed by atoms with Crippen LogP contribution >= 0.6 is 23.4 Å². The maximum Gasteiger partial charge on any atom is 0.307 e. The second-order valence-electron chi connectivity index (χ2n) is 6.95. The molecule has 6 nitrogen and oxygen atoms in total. The van der Waals surface area contributed by atoms with Crippen molar-refractivity contribution in [3.05, 3.63) is 53.6 Å². The molecule has 2 aromatic rings. The lowest BCUT2D eigenvalue weighted by molar-refractivity contribution is -0.147. The van der Waals surface area contributed by atoms with Crippen LogP contribution in [0.5, 0.6) is 0 Å². The molecule has 1 heterocycles. The number of rotatable bonds is 6. The molecule has 0 aromatic heterocycles. The van der Waals surface area contributed by atoms with Crippen LogP contribution in [0.1, 0.15) is 20.3 Å². The number of carbonyl (C=O) groups excluding carboxylic acids is 3. The third-order valence-electron chi connectivity index (χ3n) is 4.51. The number of nitrogens with zero attached hydrogens (tertiary/aromatic N) is 1. The Kier molecular flexibility index (Phi) is 6.49. The van der Waals surface area contributed by atoms with Crippen LogP contribution in [0, 0.1) is 0 Å². The summed E-state index contributed by atoms with van der Waals surface area (Å²) in [6.07, 6.45) is 0.142. The summed E-state index contributed by atoms with van der Waals surface area (Å²) in [6.45, 7) is 2.87. The van der Waals surface area contributed by atoms with E-state index in [2.05, 4.69) is 5.32 Å². The highest BCUT2D eigenvalue weighted by molar-refractivity contribution is 7.99. The Hall–Kier alpha value is -2.51. The average Bonchev–Trinajstić information content (AvgIpc) is 2.68. The molecule has 2 aromatic carbocycles. The van der Waals surface area contributed by atoms with Crippen LogP contribution in [0.25, 0.3) is 0 Å². The first kappa shape index (κ1) is 21.2. The third kappa shape index (κ3) is 4.74. The monoisotopic (exact) mass is 432 g/mol. The van der Waals surface area contributed by atoms with E-state index in [4.69, 9.17) is 16.3 Å². The third-order valence-corrected chi connectivity index (χ3v) is 6.03.